The first-order chi connectivity index (χ1) is 16.8. The molecule has 0 radical (unpaired) electrons. The zero-order valence-corrected chi connectivity index (χ0v) is 19.6. The van der Waals surface area contributed by atoms with Crippen LogP contribution in [-0.4, -0.2) is 62.3 Å². The van der Waals surface area contributed by atoms with E-state index in [0.29, 0.717) is 44.1 Å². The number of fused-ring (bicyclic) bond motifs is 3. The number of hydrogen-bond acceptors (Lipinski definition) is 6. The molecule has 0 aromatic heterocycles. The molecule has 186 valence electrons. The molecule has 2 aromatic rings. The molecular formula is C24H26FN3O6S. The van der Waals surface area contributed by atoms with Crippen molar-refractivity contribution < 1.29 is 32.9 Å². The zero-order chi connectivity index (χ0) is 24.7. The van der Waals surface area contributed by atoms with Crippen LogP contribution in [0, 0.1) is 11.7 Å². The summed E-state index contributed by atoms with van der Waals surface area (Å²) >= 11 is -2.65. The summed E-state index contributed by atoms with van der Waals surface area (Å²) in [4.78, 5) is 12.3. The molecule has 1 saturated carbocycles. The number of anilines is 2. The van der Waals surface area contributed by atoms with Crippen LogP contribution in [0.15, 0.2) is 36.4 Å². The van der Waals surface area contributed by atoms with Gasteiger partial charge in [-0.3, -0.25) is 9.98 Å². The van der Waals surface area contributed by atoms with Crippen molar-refractivity contribution >= 4 is 34.7 Å². The molecule has 4 atom stereocenters. The number of carbonyl (C=O) groups is 1. The topological polar surface area (TPSA) is 123 Å². The smallest absolute Gasteiger partial charge is 0.341 e. The molecule has 9 nitrogen and oxygen atoms in total. The first-order valence-corrected chi connectivity index (χ1v) is 12.5. The summed E-state index contributed by atoms with van der Waals surface area (Å²) in [6.07, 6.45) is 4.56. The Morgan fingerprint density at radius 1 is 1.31 bits per heavy atom. The average Bonchev–Trinajstić information content (AvgIpc) is 3.50. The van der Waals surface area contributed by atoms with Gasteiger partial charge in [-0.2, -0.15) is 0 Å². The molecule has 2 fully saturated rings. The lowest BCUT2D eigenvalue weighted by Crippen LogP contribution is -2.36. The van der Waals surface area contributed by atoms with E-state index < -0.39 is 23.1 Å². The SMILES string of the molecule is O=C(O)c1c(N(c2ccc(F)cc2C=CCNN2CC[C@@H](O)C2)S(=O)O)ccc2c1OCC1CC21. The molecule has 0 amide bonds. The zero-order valence-electron chi connectivity index (χ0n) is 18.8. The summed E-state index contributed by atoms with van der Waals surface area (Å²) in [7, 11) is 0. The summed E-state index contributed by atoms with van der Waals surface area (Å²) in [5.74, 6) is -0.973. The van der Waals surface area contributed by atoms with Crippen molar-refractivity contribution in [1.29, 1.82) is 0 Å². The predicted molar refractivity (Wildman–Crippen MR) is 128 cm³/mol. The predicted octanol–water partition coefficient (Wildman–Crippen LogP) is 2.88. The Hall–Kier alpha value is -2.83. The molecule has 1 aliphatic carbocycles. The Morgan fingerprint density at radius 3 is 2.83 bits per heavy atom. The van der Waals surface area contributed by atoms with Gasteiger partial charge in [-0.1, -0.05) is 18.2 Å². The Balaban J connectivity index is 1.49. The normalized spacial score (nSPS) is 24.0. The minimum absolute atomic E-state index is 0.0124. The lowest BCUT2D eigenvalue weighted by Gasteiger charge is -2.27. The highest BCUT2D eigenvalue weighted by Gasteiger charge is 2.46. The van der Waals surface area contributed by atoms with Crippen molar-refractivity contribution in [1.82, 2.24) is 10.4 Å². The molecule has 0 spiro atoms. The molecule has 2 heterocycles. The largest absolute Gasteiger partial charge is 0.492 e. The monoisotopic (exact) mass is 503 g/mol. The van der Waals surface area contributed by atoms with Crippen molar-refractivity contribution in [2.24, 2.45) is 5.92 Å². The van der Waals surface area contributed by atoms with Crippen LogP contribution in [0.2, 0.25) is 0 Å². The second-order valence-corrected chi connectivity index (χ2v) is 9.80. The van der Waals surface area contributed by atoms with Crippen LogP contribution >= 0.6 is 0 Å². The van der Waals surface area contributed by atoms with Gasteiger partial charge in [0.15, 0.2) is 0 Å². The molecule has 4 N–H and O–H groups in total. The highest BCUT2D eigenvalue weighted by atomic mass is 32.2. The fourth-order valence-corrected chi connectivity index (χ4v) is 5.46. The van der Waals surface area contributed by atoms with Gasteiger partial charge >= 0.3 is 5.97 Å². The van der Waals surface area contributed by atoms with E-state index in [9.17, 15) is 28.2 Å². The van der Waals surface area contributed by atoms with E-state index in [1.165, 1.54) is 18.2 Å². The molecule has 0 bridgehead atoms. The number of aromatic carboxylic acids is 1. The maximum atomic E-state index is 14.1. The van der Waals surface area contributed by atoms with Crippen molar-refractivity contribution in [2.75, 3.05) is 30.5 Å². The standard InChI is InChI=1S/C24H26FN3O6S/c25-16-3-5-20(14(10-16)2-1-8-26-27-9-7-17(29)12-27)28(35(32)33)21-6-4-18-19-11-15(19)13-34-23(18)22(21)24(30)31/h1-6,10,15,17,19,26,29H,7-9,11-13H2,(H,30,31)(H,32,33)/t15?,17-,19?/m1/s1. The molecular weight excluding hydrogens is 477 g/mol. The lowest BCUT2D eigenvalue weighted by molar-refractivity contribution is 0.0692. The third-order valence-corrected chi connectivity index (χ3v) is 7.33. The number of carboxylic acid groups (broad SMARTS) is 1. The van der Waals surface area contributed by atoms with E-state index in [1.807, 2.05) is 5.01 Å². The van der Waals surface area contributed by atoms with Gasteiger partial charge in [0.25, 0.3) is 11.3 Å². The Bertz CT molecular complexity index is 1210. The first-order valence-electron chi connectivity index (χ1n) is 11.4. The number of β-amino-alcohol motifs (C(OH)–C–C–N with tert-alkyl or cyclic N) is 1. The molecule has 2 aromatic carbocycles. The number of hydrogen-bond donors (Lipinski definition) is 4. The van der Waals surface area contributed by atoms with Crippen molar-refractivity contribution in [2.45, 2.75) is 24.9 Å². The number of hydrazine groups is 1. The number of halogens is 1. The van der Waals surface area contributed by atoms with E-state index >= 15 is 0 Å². The van der Waals surface area contributed by atoms with E-state index in [4.69, 9.17) is 4.74 Å². The van der Waals surface area contributed by atoms with Gasteiger partial charge in [-0.15, -0.1) is 0 Å². The van der Waals surface area contributed by atoms with Crippen LogP contribution in [0.1, 0.15) is 40.2 Å². The summed E-state index contributed by atoms with van der Waals surface area (Å²) in [6.45, 7) is 2.02. The molecule has 5 rings (SSSR count). The second-order valence-electron chi connectivity index (χ2n) is 8.98. The number of ether oxygens (including phenoxy) is 1. The highest BCUT2D eigenvalue weighted by Crippen LogP contribution is 2.56. The Labute approximate surface area is 204 Å². The van der Waals surface area contributed by atoms with Crippen LogP contribution in [0.5, 0.6) is 5.75 Å². The Kier molecular flexibility index (Phi) is 6.60. The van der Waals surface area contributed by atoms with Crippen molar-refractivity contribution in [3.05, 3.63) is 58.9 Å². The number of carboxylic acids is 1. The van der Waals surface area contributed by atoms with E-state index in [2.05, 4.69) is 5.43 Å². The molecule has 1 saturated heterocycles. The maximum absolute atomic E-state index is 14.1. The fraction of sp³-hybridized carbons (Fsp3) is 0.375. The van der Waals surface area contributed by atoms with Crippen LogP contribution in [0.25, 0.3) is 6.08 Å². The quantitative estimate of drug-likeness (QED) is 0.406. The van der Waals surface area contributed by atoms with E-state index in [0.717, 1.165) is 22.4 Å². The van der Waals surface area contributed by atoms with E-state index in [1.54, 1.807) is 18.2 Å². The summed E-state index contributed by atoms with van der Waals surface area (Å²) in [5, 5.41) is 21.5. The molecule has 11 heteroatoms. The summed E-state index contributed by atoms with van der Waals surface area (Å²) in [6, 6.07) is 6.97. The van der Waals surface area contributed by atoms with E-state index in [-0.39, 0.29) is 34.7 Å². The minimum Gasteiger partial charge on any atom is -0.492 e. The fourth-order valence-electron chi connectivity index (χ4n) is 4.81. The molecule has 35 heavy (non-hydrogen) atoms. The third kappa shape index (κ3) is 4.82. The molecule has 3 unspecified atom stereocenters. The minimum atomic E-state index is -2.65. The van der Waals surface area contributed by atoms with Gasteiger partial charge in [0.05, 0.1) is 24.1 Å². The summed E-state index contributed by atoms with van der Waals surface area (Å²) < 4.78 is 43.6. The van der Waals surface area contributed by atoms with Crippen molar-refractivity contribution in [3.8, 4) is 5.75 Å². The van der Waals surface area contributed by atoms with Gasteiger partial charge in [0, 0.05) is 31.1 Å². The van der Waals surface area contributed by atoms with Crippen LogP contribution in [0.4, 0.5) is 15.8 Å². The number of benzene rings is 2. The number of aliphatic hydroxyl groups excluding tert-OH is 1. The average molecular weight is 504 g/mol. The van der Waals surface area contributed by atoms with Crippen LogP contribution in [0.3, 0.4) is 0 Å². The number of aliphatic hydroxyl groups is 1. The third-order valence-electron chi connectivity index (χ3n) is 6.62. The number of nitrogens with zero attached hydrogens (tertiary/aromatic N) is 2. The van der Waals surface area contributed by atoms with Gasteiger partial charge in [-0.05, 0) is 48.6 Å². The molecule has 2 aliphatic heterocycles. The Morgan fingerprint density at radius 2 is 2.11 bits per heavy atom. The maximum Gasteiger partial charge on any atom is 0.341 e. The number of nitrogens with one attached hydrogen (secondary N) is 1. The summed E-state index contributed by atoms with van der Waals surface area (Å²) in [5.41, 5.74) is 4.20. The van der Waals surface area contributed by atoms with Gasteiger partial charge in [0.2, 0.25) is 0 Å². The van der Waals surface area contributed by atoms with Crippen molar-refractivity contribution in [3.63, 3.8) is 0 Å². The van der Waals surface area contributed by atoms with Crippen LogP contribution < -0.4 is 14.5 Å². The van der Waals surface area contributed by atoms with Gasteiger partial charge < -0.3 is 14.9 Å². The van der Waals surface area contributed by atoms with Gasteiger partial charge in [-0.25, -0.2) is 22.7 Å². The first kappa shape index (κ1) is 23.9. The lowest BCUT2D eigenvalue weighted by atomic mass is 9.99. The van der Waals surface area contributed by atoms with Gasteiger partial charge in [0.1, 0.15) is 17.1 Å². The number of rotatable bonds is 8. The highest BCUT2D eigenvalue weighted by molar-refractivity contribution is 7.81. The second kappa shape index (κ2) is 9.67. The van der Waals surface area contributed by atoms with Crippen LogP contribution in [-0.2, 0) is 11.3 Å². The molecule has 3 aliphatic rings.